The molecule has 0 bridgehead atoms. The summed E-state index contributed by atoms with van der Waals surface area (Å²) in [5.41, 5.74) is 0.763. The first kappa shape index (κ1) is 39.3. The average molecular weight is 674 g/mol. The molecular weight excluding hydrogens is 630 g/mol. The number of aliphatic carboxylic acids is 1. The normalized spacial score (nSPS) is 21.3. The minimum atomic E-state index is -1.82. The Morgan fingerprint density at radius 1 is 0.979 bits per heavy atom. The molecule has 0 radical (unpaired) electrons. The van der Waals surface area contributed by atoms with Gasteiger partial charge in [-0.2, -0.15) is 0 Å². The maximum absolute atomic E-state index is 14.3. The second-order valence-electron chi connectivity index (χ2n) is 11.0. The largest absolute Gasteiger partial charge is 0.481 e. The standard InChI is InChI=1S/C31H43N7O10/c1-19(42)23(18-41)35-27-31(48)38(28(30(47)32-2)34-22(17-40)15-20-9-5-3-6-10-20)14-8-4-7-11-24(43)36-26(29(46)37-27)33-21(16-39)12-13-25(44)45/h3-6,8-10,16-19,21-23,26-28,33-35,42H,7,11-15H2,1-2H3,(H,32,47)(H,36,43)(H,37,46)(H,44,45)/b8-4+/t19-,21+,22+,23-,26-,27-,28-/m1/s1. The Hall–Kier alpha value is -4.84. The van der Waals surface area contributed by atoms with E-state index in [1.807, 2.05) is 0 Å². The summed E-state index contributed by atoms with van der Waals surface area (Å²) in [6, 6.07) is 5.34. The number of rotatable bonds is 17. The van der Waals surface area contributed by atoms with Crippen LogP contribution in [0.15, 0.2) is 42.5 Å². The first-order chi connectivity index (χ1) is 22.9. The second kappa shape index (κ2) is 20.4. The van der Waals surface area contributed by atoms with Crippen LogP contribution >= 0.6 is 0 Å². The Labute approximate surface area is 277 Å². The van der Waals surface area contributed by atoms with E-state index in [0.717, 1.165) is 10.5 Å². The van der Waals surface area contributed by atoms with Crippen molar-refractivity contribution in [1.29, 1.82) is 0 Å². The van der Waals surface area contributed by atoms with E-state index in [2.05, 4.69) is 31.9 Å². The number of carbonyl (C=O) groups excluding carboxylic acids is 7. The molecule has 1 aromatic carbocycles. The summed E-state index contributed by atoms with van der Waals surface area (Å²) < 4.78 is 0. The van der Waals surface area contributed by atoms with E-state index in [1.54, 1.807) is 36.4 Å². The molecule has 0 unspecified atom stereocenters. The number of hydrogen-bond donors (Lipinski definition) is 8. The summed E-state index contributed by atoms with van der Waals surface area (Å²) in [7, 11) is 1.32. The number of carbonyl (C=O) groups is 8. The summed E-state index contributed by atoms with van der Waals surface area (Å²) in [6.07, 6.45) is -2.51. The van der Waals surface area contributed by atoms with Crippen molar-refractivity contribution in [2.45, 2.75) is 81.8 Å². The fourth-order valence-corrected chi connectivity index (χ4v) is 4.65. The van der Waals surface area contributed by atoms with E-state index in [4.69, 9.17) is 5.11 Å². The number of hydrogen-bond acceptors (Lipinski definition) is 12. The zero-order valence-electron chi connectivity index (χ0n) is 26.7. The van der Waals surface area contributed by atoms with E-state index in [0.29, 0.717) is 18.9 Å². The maximum atomic E-state index is 14.3. The predicted molar refractivity (Wildman–Crippen MR) is 169 cm³/mol. The number of aldehydes is 3. The van der Waals surface area contributed by atoms with Gasteiger partial charge in [-0.3, -0.25) is 39.9 Å². The number of nitrogens with zero attached hydrogens (tertiary/aromatic N) is 1. The minimum Gasteiger partial charge on any atom is -0.481 e. The van der Waals surface area contributed by atoms with Gasteiger partial charge in [0, 0.05) is 26.4 Å². The van der Waals surface area contributed by atoms with Gasteiger partial charge in [-0.1, -0.05) is 42.5 Å². The van der Waals surface area contributed by atoms with Crippen molar-refractivity contribution in [1.82, 2.24) is 36.8 Å². The first-order valence-electron chi connectivity index (χ1n) is 15.3. The number of aliphatic hydroxyl groups is 1. The quantitative estimate of drug-likeness (QED) is 0.0610. The van der Waals surface area contributed by atoms with Crippen LogP contribution in [0.25, 0.3) is 0 Å². The van der Waals surface area contributed by atoms with Crippen LogP contribution in [0.1, 0.15) is 38.2 Å². The summed E-state index contributed by atoms with van der Waals surface area (Å²) in [4.78, 5) is 102. The van der Waals surface area contributed by atoms with Crippen LogP contribution in [0, 0.1) is 0 Å². The molecule has 1 aliphatic rings. The first-order valence-corrected chi connectivity index (χ1v) is 15.3. The van der Waals surface area contributed by atoms with Gasteiger partial charge in [-0.25, -0.2) is 0 Å². The van der Waals surface area contributed by atoms with Crippen molar-refractivity contribution in [3.05, 3.63) is 48.0 Å². The van der Waals surface area contributed by atoms with Crippen molar-refractivity contribution in [3.8, 4) is 0 Å². The Kier molecular flexibility index (Phi) is 16.7. The lowest BCUT2D eigenvalue weighted by molar-refractivity contribution is -0.146. The Morgan fingerprint density at radius 2 is 1.67 bits per heavy atom. The molecule has 1 heterocycles. The van der Waals surface area contributed by atoms with Crippen molar-refractivity contribution in [2.24, 2.45) is 0 Å². The summed E-state index contributed by atoms with van der Waals surface area (Å²) in [6.45, 7) is 0.994. The number of aliphatic hydroxyl groups excluding tert-OH is 1. The molecule has 17 nitrogen and oxygen atoms in total. The summed E-state index contributed by atoms with van der Waals surface area (Å²) in [5.74, 6) is -4.61. The van der Waals surface area contributed by atoms with Crippen molar-refractivity contribution >= 4 is 48.5 Å². The van der Waals surface area contributed by atoms with Crippen LogP contribution in [-0.4, -0.2) is 120 Å². The lowest BCUT2D eigenvalue weighted by Gasteiger charge is -2.36. The molecule has 1 aromatic rings. The number of carboxylic acid groups (broad SMARTS) is 1. The third kappa shape index (κ3) is 12.7. The van der Waals surface area contributed by atoms with Crippen LogP contribution in [0.4, 0.5) is 0 Å². The molecule has 262 valence electrons. The zero-order chi connectivity index (χ0) is 35.6. The number of likely N-dealkylation sites (N-methyl/N-ethyl adjacent to an activating group) is 1. The van der Waals surface area contributed by atoms with E-state index in [9.17, 15) is 43.5 Å². The topological polar surface area (TPSA) is 252 Å². The molecule has 0 saturated heterocycles. The summed E-state index contributed by atoms with van der Waals surface area (Å²) >= 11 is 0. The van der Waals surface area contributed by atoms with E-state index >= 15 is 0 Å². The smallest absolute Gasteiger partial charge is 0.303 e. The van der Waals surface area contributed by atoms with Crippen molar-refractivity contribution in [2.75, 3.05) is 13.6 Å². The molecule has 0 spiro atoms. The lowest BCUT2D eigenvalue weighted by atomic mass is 10.1. The van der Waals surface area contributed by atoms with Crippen LogP contribution in [0.5, 0.6) is 0 Å². The monoisotopic (exact) mass is 673 g/mol. The number of nitrogens with one attached hydrogen (secondary N) is 6. The highest BCUT2D eigenvalue weighted by molar-refractivity contribution is 5.94. The van der Waals surface area contributed by atoms with Crippen molar-refractivity contribution in [3.63, 3.8) is 0 Å². The predicted octanol–water partition coefficient (Wildman–Crippen LogP) is -2.92. The fourth-order valence-electron chi connectivity index (χ4n) is 4.65. The van der Waals surface area contributed by atoms with Gasteiger partial charge in [0.1, 0.15) is 18.9 Å². The zero-order valence-corrected chi connectivity index (χ0v) is 26.7. The molecule has 7 atom stereocenters. The molecule has 0 fully saturated rings. The Balaban J connectivity index is 2.57. The molecule has 2 rings (SSSR count). The molecule has 17 heteroatoms. The van der Waals surface area contributed by atoms with Gasteiger partial charge >= 0.3 is 5.97 Å². The fraction of sp³-hybridized carbons (Fsp3) is 0.484. The third-order valence-electron chi connectivity index (χ3n) is 7.27. The second-order valence-corrected chi connectivity index (χ2v) is 11.0. The van der Waals surface area contributed by atoms with E-state index in [-0.39, 0.29) is 32.2 Å². The maximum Gasteiger partial charge on any atom is 0.303 e. The highest BCUT2D eigenvalue weighted by atomic mass is 16.4. The van der Waals surface area contributed by atoms with Crippen molar-refractivity contribution < 1.29 is 48.6 Å². The third-order valence-corrected chi connectivity index (χ3v) is 7.27. The van der Waals surface area contributed by atoms with Crippen LogP contribution < -0.4 is 31.9 Å². The van der Waals surface area contributed by atoms with Gasteiger partial charge < -0.3 is 45.4 Å². The molecule has 1 aliphatic heterocycles. The van der Waals surface area contributed by atoms with E-state index < -0.39 is 78.7 Å². The lowest BCUT2D eigenvalue weighted by Crippen LogP contribution is -2.68. The number of carboxylic acids is 1. The van der Waals surface area contributed by atoms with Crippen LogP contribution in [0.3, 0.4) is 0 Å². The number of amides is 4. The molecule has 8 N–H and O–H groups in total. The minimum absolute atomic E-state index is 0.130. The molecular formula is C31H43N7O10. The molecule has 0 aliphatic carbocycles. The average Bonchev–Trinajstić information content (AvgIpc) is 3.07. The molecule has 4 amide bonds. The van der Waals surface area contributed by atoms with Gasteiger partial charge in [0.2, 0.25) is 5.91 Å². The number of allylic oxidation sites excluding steroid dienone is 1. The van der Waals surface area contributed by atoms with E-state index in [1.165, 1.54) is 20.0 Å². The van der Waals surface area contributed by atoms with Gasteiger partial charge in [0.05, 0.1) is 24.2 Å². The van der Waals surface area contributed by atoms with Crippen LogP contribution in [-0.2, 0) is 44.8 Å². The highest BCUT2D eigenvalue weighted by Gasteiger charge is 2.38. The Bertz CT molecular complexity index is 1310. The molecule has 0 saturated carbocycles. The SMILES string of the molecule is CNC(=O)[C@H](N[C@H](C=O)Cc1ccccc1)N1C/C=C/CCC(=O)N[C@@H](N[C@H](C=O)CCC(=O)O)C(=O)N[C@@H](N[C@H](C=O)[C@@H](C)O)C1=O. The molecule has 0 aromatic heterocycles. The number of benzene rings is 1. The van der Waals surface area contributed by atoms with Gasteiger partial charge in [-0.15, -0.1) is 0 Å². The van der Waals surface area contributed by atoms with Gasteiger partial charge in [0.15, 0.2) is 18.5 Å². The highest BCUT2D eigenvalue weighted by Crippen LogP contribution is 2.09. The Morgan fingerprint density at radius 3 is 2.25 bits per heavy atom. The molecule has 48 heavy (non-hydrogen) atoms. The summed E-state index contributed by atoms with van der Waals surface area (Å²) in [5, 5.41) is 34.4. The van der Waals surface area contributed by atoms with Gasteiger partial charge in [-0.05, 0) is 31.7 Å². The van der Waals surface area contributed by atoms with Gasteiger partial charge in [0.25, 0.3) is 17.7 Å². The van der Waals surface area contributed by atoms with Crippen LogP contribution in [0.2, 0.25) is 0 Å².